The van der Waals surface area contributed by atoms with Gasteiger partial charge in [0.15, 0.2) is 0 Å². The van der Waals surface area contributed by atoms with Crippen LogP contribution in [0.25, 0.3) is 21.7 Å². The molecule has 1 aliphatic rings. The van der Waals surface area contributed by atoms with Gasteiger partial charge < -0.3 is 20.8 Å². The van der Waals surface area contributed by atoms with Crippen LogP contribution in [0.15, 0.2) is 52.1 Å². The first-order valence-corrected chi connectivity index (χ1v) is 13.2. The minimum atomic E-state index is -0.782. The Balaban J connectivity index is 1.20. The van der Waals surface area contributed by atoms with Crippen molar-refractivity contribution < 1.29 is 14.0 Å². The minimum absolute atomic E-state index is 0.0796. The van der Waals surface area contributed by atoms with Gasteiger partial charge in [0.05, 0.1) is 12.7 Å². The Labute approximate surface area is 230 Å². The van der Waals surface area contributed by atoms with E-state index in [2.05, 4.69) is 35.8 Å². The molecular weight excluding hydrogens is 534 g/mol. The van der Waals surface area contributed by atoms with Gasteiger partial charge in [0, 0.05) is 33.3 Å². The van der Waals surface area contributed by atoms with E-state index in [-0.39, 0.29) is 35.8 Å². The smallest absolute Gasteiger partial charge is 0.313 e. The highest BCUT2D eigenvalue weighted by molar-refractivity contribution is 7.19. The van der Waals surface area contributed by atoms with Crippen molar-refractivity contribution in [1.29, 1.82) is 0 Å². The summed E-state index contributed by atoms with van der Waals surface area (Å²) in [7, 11) is 0. The van der Waals surface area contributed by atoms with Gasteiger partial charge in [-0.2, -0.15) is 0 Å². The molecule has 40 heavy (non-hydrogen) atoms. The molecule has 2 amide bonds. The Bertz CT molecular complexity index is 1840. The maximum Gasteiger partial charge on any atom is 0.313 e. The average molecular weight is 558 g/mol. The van der Waals surface area contributed by atoms with Crippen molar-refractivity contribution in [3.8, 4) is 11.6 Å². The number of carbonyl (C=O) groups excluding carboxylic acids is 2. The normalized spacial score (nSPS) is 16.1. The third-order valence-corrected chi connectivity index (χ3v) is 7.74. The van der Waals surface area contributed by atoms with E-state index in [1.54, 1.807) is 24.5 Å². The van der Waals surface area contributed by atoms with Gasteiger partial charge in [-0.05, 0) is 37.1 Å². The summed E-state index contributed by atoms with van der Waals surface area (Å²) in [6.45, 7) is 4.01. The van der Waals surface area contributed by atoms with E-state index in [1.165, 1.54) is 22.1 Å². The molecule has 0 spiro atoms. The third-order valence-electron chi connectivity index (χ3n) is 6.64. The summed E-state index contributed by atoms with van der Waals surface area (Å²) >= 11 is 1.51. The zero-order chi connectivity index (χ0) is 28.0. The van der Waals surface area contributed by atoms with Gasteiger partial charge >= 0.3 is 11.8 Å². The molecule has 2 atom stereocenters. The number of rotatable bonds is 6. The second kappa shape index (κ2) is 9.96. The van der Waals surface area contributed by atoms with Crippen molar-refractivity contribution in [2.24, 2.45) is 0 Å². The second-order valence-electron chi connectivity index (χ2n) is 9.47. The maximum absolute atomic E-state index is 13.4. The zero-order valence-electron chi connectivity index (χ0n) is 21.4. The number of nitrogens with zero attached hydrogens (tertiary/aromatic N) is 6. The Hall–Kier alpha value is -4.98. The Kier molecular flexibility index (Phi) is 6.30. The number of anilines is 2. The number of nitrogens with one attached hydrogen (secondary N) is 2. The molecule has 5 aromatic heterocycles. The molecule has 5 aromatic rings. The highest BCUT2D eigenvalue weighted by Gasteiger charge is 2.36. The van der Waals surface area contributed by atoms with Gasteiger partial charge in [-0.3, -0.25) is 23.9 Å². The summed E-state index contributed by atoms with van der Waals surface area (Å²) in [5, 5.41) is 14.0. The average Bonchev–Trinajstić information content (AvgIpc) is 3.66. The fourth-order valence-electron chi connectivity index (χ4n) is 4.68. The molecule has 0 aromatic carbocycles. The lowest BCUT2D eigenvalue weighted by Gasteiger charge is -2.15. The molecule has 0 bridgehead atoms. The third kappa shape index (κ3) is 4.58. The number of fused-ring (bicyclic) bond motifs is 2. The topological polar surface area (TPSA) is 184 Å². The summed E-state index contributed by atoms with van der Waals surface area (Å²) in [6, 6.07) is 6.54. The largest absolute Gasteiger partial charge is 0.411 e. The van der Waals surface area contributed by atoms with Gasteiger partial charge in [0.25, 0.3) is 11.4 Å². The summed E-state index contributed by atoms with van der Waals surface area (Å²) < 4.78 is 7.80. The molecule has 0 unspecified atom stereocenters. The first-order chi connectivity index (χ1) is 19.3. The van der Waals surface area contributed by atoms with E-state index in [9.17, 15) is 14.4 Å². The van der Waals surface area contributed by atoms with Crippen LogP contribution in [0.3, 0.4) is 0 Å². The maximum atomic E-state index is 13.4. The lowest BCUT2D eigenvalue weighted by Crippen LogP contribution is -2.36. The van der Waals surface area contributed by atoms with E-state index in [4.69, 9.17) is 10.2 Å². The van der Waals surface area contributed by atoms with Crippen LogP contribution in [0.4, 0.5) is 11.5 Å². The molecule has 0 fully saturated rings. The molecule has 13 nitrogen and oxygen atoms in total. The first kappa shape index (κ1) is 25.3. The molecular formula is C26H23N9O4S. The van der Waals surface area contributed by atoms with Crippen molar-refractivity contribution in [3.05, 3.63) is 75.4 Å². The number of aryl methyl sites for hydroxylation is 1. The van der Waals surface area contributed by atoms with Gasteiger partial charge in [0.1, 0.15) is 29.1 Å². The molecule has 0 aliphatic carbocycles. The van der Waals surface area contributed by atoms with Crippen LogP contribution < -0.4 is 21.9 Å². The van der Waals surface area contributed by atoms with Crippen molar-refractivity contribution >= 4 is 44.7 Å². The van der Waals surface area contributed by atoms with Crippen LogP contribution in [-0.4, -0.2) is 41.5 Å². The van der Waals surface area contributed by atoms with E-state index in [0.717, 1.165) is 20.5 Å². The molecule has 0 saturated carbocycles. The fourth-order valence-corrected chi connectivity index (χ4v) is 5.70. The van der Waals surface area contributed by atoms with Crippen LogP contribution in [0.1, 0.15) is 52.3 Å². The summed E-state index contributed by atoms with van der Waals surface area (Å²) in [5.74, 6) is -0.592. The summed E-state index contributed by atoms with van der Waals surface area (Å²) in [4.78, 5) is 53.1. The van der Waals surface area contributed by atoms with E-state index >= 15 is 0 Å². The van der Waals surface area contributed by atoms with Crippen LogP contribution in [0.2, 0.25) is 0 Å². The number of pyridine rings is 2. The number of hydrogen-bond acceptors (Lipinski definition) is 11. The predicted octanol–water partition coefficient (Wildman–Crippen LogP) is 2.81. The predicted molar refractivity (Wildman–Crippen MR) is 147 cm³/mol. The van der Waals surface area contributed by atoms with Gasteiger partial charge in [0.2, 0.25) is 5.91 Å². The van der Waals surface area contributed by atoms with Gasteiger partial charge in [-0.1, -0.05) is 13.0 Å². The molecule has 6 heterocycles. The van der Waals surface area contributed by atoms with Crippen LogP contribution in [-0.2, 0) is 11.3 Å². The van der Waals surface area contributed by atoms with Crippen molar-refractivity contribution in [1.82, 2.24) is 35.0 Å². The first-order valence-electron chi connectivity index (χ1n) is 12.4. The number of nitrogens with two attached hydrogens (primary N) is 1. The number of carbonyl (C=O) groups is 2. The van der Waals surface area contributed by atoms with Gasteiger partial charge in [-0.15, -0.1) is 21.5 Å². The lowest BCUT2D eigenvalue weighted by atomic mass is 10.1. The fraction of sp³-hybridized carbons (Fsp3) is 0.231. The summed E-state index contributed by atoms with van der Waals surface area (Å²) in [6.07, 6.45) is 4.94. The summed E-state index contributed by atoms with van der Waals surface area (Å²) in [5.41, 5.74) is 6.36. The minimum Gasteiger partial charge on any atom is -0.411 e. The van der Waals surface area contributed by atoms with Crippen molar-refractivity contribution in [2.75, 3.05) is 11.1 Å². The number of thiophene rings is 1. The Morgan fingerprint density at radius 1 is 1.20 bits per heavy atom. The number of amides is 2. The molecule has 6 rings (SSSR count). The molecule has 202 valence electrons. The molecule has 1 aliphatic heterocycles. The number of hydrogen-bond donors (Lipinski definition) is 3. The lowest BCUT2D eigenvalue weighted by molar-refractivity contribution is -0.124. The Morgan fingerprint density at radius 3 is 2.88 bits per heavy atom. The van der Waals surface area contributed by atoms with E-state index in [1.807, 2.05) is 26.0 Å². The van der Waals surface area contributed by atoms with Crippen molar-refractivity contribution in [3.63, 3.8) is 0 Å². The number of aromatic nitrogens is 6. The monoisotopic (exact) mass is 557 g/mol. The van der Waals surface area contributed by atoms with Crippen LogP contribution >= 0.6 is 11.3 Å². The molecule has 14 heteroatoms. The Morgan fingerprint density at radius 2 is 2.05 bits per heavy atom. The second-order valence-corrected chi connectivity index (χ2v) is 10.6. The van der Waals surface area contributed by atoms with Crippen molar-refractivity contribution in [2.45, 2.75) is 38.8 Å². The molecule has 0 saturated heterocycles. The number of nitrogen functional groups attached to an aromatic ring is 1. The molecule has 4 N–H and O–H groups in total. The van der Waals surface area contributed by atoms with Crippen LogP contribution in [0, 0.1) is 6.92 Å². The zero-order valence-corrected chi connectivity index (χ0v) is 22.2. The standard InChI is InChI=1S/C26H23N9O4S/c1-12-4-3-5-28-20(12)24-33-34-25(39-24)23(37)32-16-11-30-21-13(2)6-17(35(21)26(16)38)22(36)31-10-15-7-14-9-29-19(27)8-18(14)40-15/h3-5,7-9,11,13,17H,6,10H2,1-2H3,(H2,27,29)(H,31,36)(H,32,37)/t13-,17+/m1/s1. The highest BCUT2D eigenvalue weighted by Crippen LogP contribution is 2.34. The van der Waals surface area contributed by atoms with E-state index < -0.39 is 17.5 Å². The van der Waals surface area contributed by atoms with Crippen LogP contribution in [0.5, 0.6) is 0 Å². The highest BCUT2D eigenvalue weighted by atomic mass is 32.1. The SMILES string of the molecule is Cc1cccnc1-c1nnc(C(=O)Nc2cnc3n(c2=O)[C@H](C(=O)NCc2cc4cnc(N)cc4s2)C[C@H]3C)o1. The molecule has 0 radical (unpaired) electrons. The van der Waals surface area contributed by atoms with Gasteiger partial charge in [-0.25, -0.2) is 9.97 Å². The van der Waals surface area contributed by atoms with E-state index in [0.29, 0.717) is 23.8 Å². The quantitative estimate of drug-likeness (QED) is 0.280.